The number of rotatable bonds is 4. The van der Waals surface area contributed by atoms with Crippen LogP contribution in [0.4, 0.5) is 0 Å². The van der Waals surface area contributed by atoms with Crippen LogP contribution < -0.4 is 10.5 Å². The van der Waals surface area contributed by atoms with E-state index in [1.165, 1.54) is 20.3 Å². The van der Waals surface area contributed by atoms with Crippen LogP contribution in [-0.4, -0.2) is 69.7 Å². The lowest BCUT2D eigenvalue weighted by atomic mass is 9.54. The van der Waals surface area contributed by atoms with Gasteiger partial charge in [0, 0.05) is 41.5 Å². The molecule has 6 N–H and O–H groups in total. The molecule has 2 aromatic rings. The third-order valence-electron chi connectivity index (χ3n) is 11.3. The van der Waals surface area contributed by atoms with E-state index in [4.69, 9.17) is 19.9 Å². The number of primary amides is 1. The molecule has 5 aliphatic rings. The van der Waals surface area contributed by atoms with Gasteiger partial charge in [0.05, 0.1) is 18.1 Å². The average Bonchev–Trinajstić information content (AvgIpc) is 3.36. The summed E-state index contributed by atoms with van der Waals surface area (Å²) >= 11 is 0. The molecule has 0 unspecified atom stereocenters. The zero-order chi connectivity index (χ0) is 33.5. The van der Waals surface area contributed by atoms with E-state index in [0.29, 0.717) is 22.3 Å². The second-order valence-corrected chi connectivity index (χ2v) is 13.5. The molecule has 2 aromatic carbocycles. The number of methoxy groups -OCH3 is 2. The number of hydrogen-bond donors (Lipinski definition) is 5. The largest absolute Gasteiger partial charge is 0.508 e. The number of amides is 1. The molecule has 0 bridgehead atoms. The van der Waals surface area contributed by atoms with Gasteiger partial charge in [-0.05, 0) is 37.2 Å². The van der Waals surface area contributed by atoms with Crippen molar-refractivity contribution in [1.82, 2.24) is 0 Å². The first-order valence-corrected chi connectivity index (χ1v) is 15.3. The van der Waals surface area contributed by atoms with Gasteiger partial charge >= 0.3 is 0 Å². The molecule has 0 fully saturated rings. The lowest BCUT2D eigenvalue weighted by Crippen LogP contribution is -2.70. The van der Waals surface area contributed by atoms with Gasteiger partial charge in [0.2, 0.25) is 11.6 Å². The van der Waals surface area contributed by atoms with Crippen LogP contribution in [0.2, 0.25) is 0 Å². The summed E-state index contributed by atoms with van der Waals surface area (Å²) in [6.07, 6.45) is 4.19. The third-order valence-corrected chi connectivity index (χ3v) is 11.3. The van der Waals surface area contributed by atoms with Crippen molar-refractivity contribution in [1.29, 1.82) is 0 Å². The molecule has 0 saturated carbocycles. The van der Waals surface area contributed by atoms with E-state index < -0.39 is 74.3 Å². The number of allylic oxidation sites excluding steroid dienone is 2. The number of aliphatic hydroxyl groups excluding tert-OH is 1. The number of aliphatic hydroxyl groups is 2. The SMILES string of the molecule is CCC1=N[C@@H]2C(=O)C(C(N)=O)=C(O)[C@@]3(O)C(=O)c4c(c5c6c(c(OC)cc(O)c6c4O)[C@]4(C5)C(C)=CCCC4(C)C)[C@](OC)(O1)[C@@H]23. The summed E-state index contributed by atoms with van der Waals surface area (Å²) in [6.45, 7) is 8.01. The molecule has 5 atom stereocenters. The molecule has 0 radical (unpaired) electrons. The second kappa shape index (κ2) is 9.10. The van der Waals surface area contributed by atoms with Gasteiger partial charge in [0.25, 0.3) is 5.91 Å². The maximum absolute atomic E-state index is 14.7. The fourth-order valence-corrected chi connectivity index (χ4v) is 9.25. The number of fused-ring (bicyclic) bond motifs is 4. The number of phenols is 2. The molecule has 0 aromatic heterocycles. The van der Waals surface area contributed by atoms with Gasteiger partial charge in [0.15, 0.2) is 17.3 Å². The number of ether oxygens (including phenoxy) is 3. The molecule has 1 amide bonds. The lowest BCUT2D eigenvalue weighted by molar-refractivity contribution is -0.265. The highest BCUT2D eigenvalue weighted by atomic mass is 16.7. The Morgan fingerprint density at radius 1 is 1.15 bits per heavy atom. The van der Waals surface area contributed by atoms with Gasteiger partial charge in [-0.25, -0.2) is 4.99 Å². The predicted octanol–water partition coefficient (Wildman–Crippen LogP) is 3.25. The van der Waals surface area contributed by atoms with Crippen LogP contribution in [0.5, 0.6) is 17.2 Å². The van der Waals surface area contributed by atoms with Crippen LogP contribution in [0.15, 0.2) is 34.0 Å². The normalized spacial score (nSPS) is 32.2. The fraction of sp³-hybridized carbons (Fsp3) is 0.471. The number of benzene rings is 2. The number of aromatic hydroxyl groups is 2. The fourth-order valence-electron chi connectivity index (χ4n) is 9.25. The zero-order valence-corrected chi connectivity index (χ0v) is 26.4. The van der Waals surface area contributed by atoms with Crippen LogP contribution >= 0.6 is 0 Å². The molecule has 7 rings (SSSR count). The number of carbonyl (C=O) groups excluding carboxylic acids is 3. The minimum atomic E-state index is -3.03. The van der Waals surface area contributed by atoms with Crippen molar-refractivity contribution in [3.8, 4) is 17.2 Å². The van der Waals surface area contributed by atoms with Gasteiger partial charge < -0.3 is 40.4 Å². The highest BCUT2D eigenvalue weighted by molar-refractivity contribution is 6.26. The zero-order valence-electron chi connectivity index (χ0n) is 26.4. The Balaban J connectivity index is 1.71. The van der Waals surface area contributed by atoms with E-state index in [1.807, 2.05) is 6.92 Å². The van der Waals surface area contributed by atoms with Gasteiger partial charge in [-0.3, -0.25) is 14.4 Å². The molecule has 1 aliphatic heterocycles. The maximum atomic E-state index is 14.7. The van der Waals surface area contributed by atoms with Crippen LogP contribution in [0, 0.1) is 11.3 Å². The van der Waals surface area contributed by atoms with Crippen molar-refractivity contribution < 1.29 is 49.0 Å². The number of aliphatic imine (C=N–C) groups is 1. The summed E-state index contributed by atoms with van der Waals surface area (Å²) in [6, 6.07) is -0.220. The number of Topliss-reactive ketones (excluding diaryl/α,β-unsaturated/α-hetero) is 2. The standard InChI is InChI=1S/C34H36N2O10/c1-7-17-36-24-26(39)21(30(35)42)29(41)33(43)27(24)34(45-6,46-17)22-14-12-32(13(2)9-8-10-31(32,3)4)23-16(44-5)11-15(37)19(18(14)23)25(38)20(22)28(33)40/h9,11,24,27,37-38,41,43H,7-8,10,12H2,1-6H3,(H2,35,42)/t24-,27+,32+,33+,34+/m1/s1. The van der Waals surface area contributed by atoms with Gasteiger partial charge in [0.1, 0.15) is 40.5 Å². The van der Waals surface area contributed by atoms with Gasteiger partial charge in [-0.2, -0.15) is 0 Å². The van der Waals surface area contributed by atoms with E-state index in [0.717, 1.165) is 18.4 Å². The Hall–Kier alpha value is -4.42. The Bertz CT molecular complexity index is 1940. The summed E-state index contributed by atoms with van der Waals surface area (Å²) in [5, 5.41) is 47.6. The van der Waals surface area contributed by atoms with Gasteiger partial charge in [-0.15, -0.1) is 0 Å². The van der Waals surface area contributed by atoms with Crippen LogP contribution in [-0.2, 0) is 36.7 Å². The topological polar surface area (TPSA) is 198 Å². The van der Waals surface area contributed by atoms with E-state index in [9.17, 15) is 34.8 Å². The first-order chi connectivity index (χ1) is 21.6. The van der Waals surface area contributed by atoms with E-state index in [-0.39, 0.29) is 35.4 Å². The smallest absolute Gasteiger partial charge is 0.255 e. The summed E-state index contributed by atoms with van der Waals surface area (Å²) in [5.74, 6) is -9.44. The Morgan fingerprint density at radius 3 is 2.43 bits per heavy atom. The number of nitrogens with zero attached hydrogens (tertiary/aromatic N) is 1. The van der Waals surface area contributed by atoms with Crippen molar-refractivity contribution in [3.05, 3.63) is 51.3 Å². The molecule has 46 heavy (non-hydrogen) atoms. The number of nitrogens with two attached hydrogens (primary N) is 1. The monoisotopic (exact) mass is 632 g/mol. The maximum Gasteiger partial charge on any atom is 0.255 e. The van der Waals surface area contributed by atoms with Crippen molar-refractivity contribution in [2.75, 3.05) is 14.2 Å². The van der Waals surface area contributed by atoms with Gasteiger partial charge in [-0.1, -0.05) is 32.4 Å². The molecular formula is C34H36N2O10. The molecule has 0 saturated heterocycles. The molecule has 1 spiro atoms. The van der Waals surface area contributed by atoms with Crippen molar-refractivity contribution >= 4 is 34.1 Å². The Labute approximate surface area is 264 Å². The first kappa shape index (κ1) is 30.2. The number of hydrogen-bond acceptors (Lipinski definition) is 11. The average molecular weight is 633 g/mol. The molecule has 242 valence electrons. The van der Waals surface area contributed by atoms with Crippen molar-refractivity contribution in [2.24, 2.45) is 22.1 Å². The summed E-state index contributed by atoms with van der Waals surface area (Å²) in [7, 11) is 2.76. The third kappa shape index (κ3) is 3.07. The highest BCUT2D eigenvalue weighted by Gasteiger charge is 2.74. The van der Waals surface area contributed by atoms with Crippen LogP contribution in [0.3, 0.4) is 0 Å². The lowest BCUT2D eigenvalue weighted by Gasteiger charge is -2.55. The molecule has 12 heteroatoms. The van der Waals surface area contributed by atoms with E-state index in [2.05, 4.69) is 24.9 Å². The Kier molecular flexibility index (Phi) is 5.98. The number of phenolic OH excluding ortho intramolecular Hbond substituents is 2. The minimum absolute atomic E-state index is 0.0200. The van der Waals surface area contributed by atoms with Crippen LogP contribution in [0.1, 0.15) is 74.0 Å². The van der Waals surface area contributed by atoms with E-state index >= 15 is 0 Å². The second-order valence-electron chi connectivity index (χ2n) is 13.5. The first-order valence-electron chi connectivity index (χ1n) is 15.3. The molecular weight excluding hydrogens is 596 g/mol. The van der Waals surface area contributed by atoms with Crippen molar-refractivity contribution in [3.63, 3.8) is 0 Å². The molecule has 12 nitrogen and oxygen atoms in total. The van der Waals surface area contributed by atoms with E-state index in [1.54, 1.807) is 6.92 Å². The highest BCUT2D eigenvalue weighted by Crippen LogP contribution is 2.68. The van der Waals surface area contributed by atoms with Crippen molar-refractivity contribution in [2.45, 2.75) is 76.2 Å². The summed E-state index contributed by atoms with van der Waals surface area (Å²) in [4.78, 5) is 45.4. The summed E-state index contributed by atoms with van der Waals surface area (Å²) in [5.41, 5.74) is 2.13. The minimum Gasteiger partial charge on any atom is -0.508 e. The number of carbonyl (C=O) groups is 3. The molecule has 4 aliphatic carbocycles. The quantitative estimate of drug-likeness (QED) is 0.246. The predicted molar refractivity (Wildman–Crippen MR) is 164 cm³/mol. The Morgan fingerprint density at radius 2 is 1.85 bits per heavy atom. The molecule has 1 heterocycles. The number of ketones is 2. The van der Waals surface area contributed by atoms with Crippen LogP contribution in [0.25, 0.3) is 10.8 Å². The summed E-state index contributed by atoms with van der Waals surface area (Å²) < 4.78 is 18.5.